The molecule has 204 valence electrons. The maximum absolute atomic E-state index is 14.1. The summed E-state index contributed by atoms with van der Waals surface area (Å²) in [6.45, 7) is 3.15. The molecule has 3 aromatic rings. The van der Waals surface area contributed by atoms with Gasteiger partial charge in [0.1, 0.15) is 24.5 Å². The number of methoxy groups -OCH3 is 1. The molecule has 1 aliphatic heterocycles. The molecular weight excluding hydrogens is 518 g/mol. The van der Waals surface area contributed by atoms with E-state index in [1.54, 1.807) is 39.2 Å². The lowest BCUT2D eigenvalue weighted by molar-refractivity contribution is -0.137. The minimum Gasteiger partial charge on any atom is -0.496 e. The molecule has 0 bridgehead atoms. The van der Waals surface area contributed by atoms with E-state index in [-0.39, 0.29) is 19.0 Å². The Kier molecular flexibility index (Phi) is 7.99. The lowest BCUT2D eigenvalue weighted by Gasteiger charge is -2.33. The minimum absolute atomic E-state index is 0.00553. The van der Waals surface area contributed by atoms with Gasteiger partial charge >= 0.3 is 6.18 Å². The predicted octanol–water partition coefficient (Wildman–Crippen LogP) is 3.97. The molecule has 0 atom stereocenters. The minimum atomic E-state index is -4.43. The van der Waals surface area contributed by atoms with E-state index in [0.717, 1.165) is 12.1 Å². The molecule has 1 N–H and O–H groups in total. The highest BCUT2D eigenvalue weighted by Gasteiger charge is 2.34. The number of alkyl halides is 3. The summed E-state index contributed by atoms with van der Waals surface area (Å²) in [4.78, 5) is 24.6. The van der Waals surface area contributed by atoms with E-state index in [2.05, 4.69) is 15.3 Å². The number of aryl methyl sites for hydroxylation is 1. The second-order valence-corrected chi connectivity index (χ2v) is 12.8. The number of carbonyl (C=O) groups excluding carboxylic acids is 1. The average Bonchev–Trinajstić information content (AvgIpc) is 2.87. The fraction of sp³-hybridized carbons (Fsp3) is 0.423. The zero-order valence-electron chi connectivity index (χ0n) is 21.8. The Hall–Kier alpha value is -3.17. The summed E-state index contributed by atoms with van der Waals surface area (Å²) < 4.78 is 59.2. The number of amides is 1. The first-order chi connectivity index (χ1) is 17.9. The number of rotatable bonds is 7. The Labute approximate surface area is 219 Å². The first-order valence-electron chi connectivity index (χ1n) is 12.2. The molecule has 1 fully saturated rings. The average molecular weight is 550 g/mol. The van der Waals surface area contributed by atoms with E-state index in [1.807, 2.05) is 4.90 Å². The van der Waals surface area contributed by atoms with Crippen molar-refractivity contribution in [1.29, 1.82) is 0 Å². The predicted molar refractivity (Wildman–Crippen MR) is 142 cm³/mol. The second kappa shape index (κ2) is 10.9. The monoisotopic (exact) mass is 549 g/mol. The SMILES string of the molecule is COc1cc2nc(C)nc(NCc3cccc(C(F)(F)F)c3)c2cc1P1(=O)CCN(CC(=O)N(C)C)CC1. The topological polar surface area (TPSA) is 87.7 Å². The molecule has 2 heterocycles. The van der Waals surface area contributed by atoms with Gasteiger partial charge < -0.3 is 19.5 Å². The maximum Gasteiger partial charge on any atom is 0.416 e. The zero-order valence-corrected chi connectivity index (χ0v) is 22.7. The summed E-state index contributed by atoms with van der Waals surface area (Å²) >= 11 is 0. The third kappa shape index (κ3) is 6.10. The normalized spacial score (nSPS) is 15.9. The van der Waals surface area contributed by atoms with Crippen molar-refractivity contribution < 1.29 is 27.3 Å². The van der Waals surface area contributed by atoms with E-state index in [0.29, 0.717) is 64.6 Å². The Morgan fingerprint density at radius 2 is 1.87 bits per heavy atom. The standard InChI is InChI=1S/C26H31F3N5O3P/c1-17-31-21-14-22(37-4)23(38(36)10-8-34(9-11-38)16-24(35)33(2)3)13-20(21)25(32-17)30-15-18-6-5-7-19(12-18)26(27,28)29/h5-7,12-14H,8-11,15-16H2,1-4H3,(H,30,31,32). The molecule has 0 spiro atoms. The van der Waals surface area contributed by atoms with Crippen LogP contribution in [0.25, 0.3) is 10.9 Å². The molecule has 0 unspecified atom stereocenters. The number of ether oxygens (including phenoxy) is 1. The number of likely N-dealkylation sites (N-methyl/N-ethyl adjacent to an activating group) is 1. The molecule has 1 aliphatic rings. The van der Waals surface area contributed by atoms with Crippen LogP contribution in [0.4, 0.5) is 19.0 Å². The molecule has 0 radical (unpaired) electrons. The summed E-state index contributed by atoms with van der Waals surface area (Å²) in [6.07, 6.45) is -3.63. The molecular formula is C26H31F3N5O3P. The van der Waals surface area contributed by atoms with Crippen molar-refractivity contribution in [2.24, 2.45) is 0 Å². The smallest absolute Gasteiger partial charge is 0.416 e. The maximum atomic E-state index is 14.1. The second-order valence-electron chi connectivity index (χ2n) is 9.61. The Morgan fingerprint density at radius 3 is 2.50 bits per heavy atom. The van der Waals surface area contributed by atoms with E-state index in [4.69, 9.17) is 4.74 Å². The molecule has 38 heavy (non-hydrogen) atoms. The summed E-state index contributed by atoms with van der Waals surface area (Å²) in [5.74, 6) is 1.38. The van der Waals surface area contributed by atoms with Crippen LogP contribution in [0.1, 0.15) is 17.0 Å². The first-order valence-corrected chi connectivity index (χ1v) is 14.2. The van der Waals surface area contributed by atoms with Gasteiger partial charge in [-0.25, -0.2) is 9.97 Å². The molecule has 12 heteroatoms. The van der Waals surface area contributed by atoms with Gasteiger partial charge in [0.05, 0.1) is 30.0 Å². The van der Waals surface area contributed by atoms with Gasteiger partial charge in [0.25, 0.3) is 0 Å². The molecule has 8 nitrogen and oxygen atoms in total. The molecule has 1 saturated heterocycles. The van der Waals surface area contributed by atoms with Crippen LogP contribution in [0.5, 0.6) is 5.75 Å². The number of nitrogens with one attached hydrogen (secondary N) is 1. The number of hydrogen-bond donors (Lipinski definition) is 1. The molecule has 0 saturated carbocycles. The van der Waals surface area contributed by atoms with Gasteiger partial charge in [0.15, 0.2) is 0 Å². The number of fused-ring (bicyclic) bond motifs is 1. The number of benzene rings is 2. The molecule has 2 aromatic carbocycles. The first kappa shape index (κ1) is 27.9. The van der Waals surface area contributed by atoms with Gasteiger partial charge in [0, 0.05) is 57.5 Å². The third-order valence-electron chi connectivity index (χ3n) is 6.67. The van der Waals surface area contributed by atoms with Gasteiger partial charge in [-0.3, -0.25) is 9.69 Å². The van der Waals surface area contributed by atoms with Crippen molar-refractivity contribution in [3.63, 3.8) is 0 Å². The zero-order chi connectivity index (χ0) is 27.7. The van der Waals surface area contributed by atoms with Crippen molar-refractivity contribution in [3.05, 3.63) is 53.3 Å². The van der Waals surface area contributed by atoms with Crippen molar-refractivity contribution >= 4 is 35.1 Å². The molecule has 4 rings (SSSR count). The number of carbonyl (C=O) groups is 1. The van der Waals surface area contributed by atoms with E-state index >= 15 is 0 Å². The molecule has 0 aliphatic carbocycles. The summed E-state index contributed by atoms with van der Waals surface area (Å²) in [5.41, 5.74) is 0.307. The van der Waals surface area contributed by atoms with Crippen LogP contribution >= 0.6 is 7.14 Å². The fourth-order valence-corrected chi connectivity index (χ4v) is 7.32. The number of anilines is 1. The largest absolute Gasteiger partial charge is 0.496 e. The summed E-state index contributed by atoms with van der Waals surface area (Å²) in [5, 5.41) is 4.34. The highest BCUT2D eigenvalue weighted by Crippen LogP contribution is 2.49. The number of hydrogen-bond acceptors (Lipinski definition) is 7. The van der Waals surface area contributed by atoms with E-state index < -0.39 is 18.9 Å². The van der Waals surface area contributed by atoms with Crippen molar-refractivity contribution in [1.82, 2.24) is 19.8 Å². The number of nitrogens with zero attached hydrogens (tertiary/aromatic N) is 4. The number of halogens is 3. The lowest BCUT2D eigenvalue weighted by Crippen LogP contribution is -2.43. The highest BCUT2D eigenvalue weighted by atomic mass is 31.2. The summed E-state index contributed by atoms with van der Waals surface area (Å²) in [7, 11) is 2.07. The lowest BCUT2D eigenvalue weighted by atomic mass is 10.1. The van der Waals surface area contributed by atoms with Gasteiger partial charge in [-0.2, -0.15) is 13.2 Å². The van der Waals surface area contributed by atoms with Crippen LogP contribution in [0.15, 0.2) is 36.4 Å². The third-order valence-corrected chi connectivity index (χ3v) is 9.75. The molecule has 1 aromatic heterocycles. The van der Waals surface area contributed by atoms with Gasteiger partial charge in [-0.1, -0.05) is 12.1 Å². The van der Waals surface area contributed by atoms with Gasteiger partial charge in [-0.15, -0.1) is 0 Å². The van der Waals surface area contributed by atoms with Crippen molar-refractivity contribution in [3.8, 4) is 5.75 Å². The van der Waals surface area contributed by atoms with Crippen LogP contribution in [0.3, 0.4) is 0 Å². The quantitative estimate of drug-likeness (QED) is 0.447. The highest BCUT2D eigenvalue weighted by molar-refractivity contribution is 7.72. The van der Waals surface area contributed by atoms with Crippen LogP contribution in [0.2, 0.25) is 0 Å². The number of aromatic nitrogens is 2. The van der Waals surface area contributed by atoms with E-state index in [1.165, 1.54) is 18.1 Å². The van der Waals surface area contributed by atoms with Gasteiger partial charge in [0.2, 0.25) is 5.91 Å². The summed E-state index contributed by atoms with van der Waals surface area (Å²) in [6, 6.07) is 8.63. The van der Waals surface area contributed by atoms with Gasteiger partial charge in [-0.05, 0) is 30.7 Å². The Morgan fingerprint density at radius 1 is 1.16 bits per heavy atom. The fourth-order valence-electron chi connectivity index (χ4n) is 4.48. The van der Waals surface area contributed by atoms with Crippen LogP contribution in [0, 0.1) is 6.92 Å². The van der Waals surface area contributed by atoms with Crippen LogP contribution in [-0.2, 0) is 22.1 Å². The van der Waals surface area contributed by atoms with Crippen molar-refractivity contribution in [2.75, 3.05) is 58.5 Å². The Bertz CT molecular complexity index is 1380. The van der Waals surface area contributed by atoms with Crippen molar-refractivity contribution in [2.45, 2.75) is 19.6 Å². The van der Waals surface area contributed by atoms with E-state index in [9.17, 15) is 22.5 Å². The Balaban J connectivity index is 1.63. The van der Waals surface area contributed by atoms with Crippen LogP contribution < -0.4 is 15.4 Å². The van der Waals surface area contributed by atoms with Crippen LogP contribution in [-0.4, -0.2) is 78.8 Å². The molecule has 1 amide bonds.